The van der Waals surface area contributed by atoms with E-state index in [1.807, 2.05) is 6.07 Å². The molecule has 0 unspecified atom stereocenters. The van der Waals surface area contributed by atoms with E-state index in [0.29, 0.717) is 0 Å². The van der Waals surface area contributed by atoms with E-state index >= 15 is 0 Å². The Morgan fingerprint density at radius 2 is 1.79 bits per heavy atom. The number of hydrogen-bond donors (Lipinski definition) is 2. The molecule has 3 heteroatoms. The molecule has 1 rings (SSSR count). The van der Waals surface area contributed by atoms with Crippen LogP contribution in [0.2, 0.25) is 0 Å². The van der Waals surface area contributed by atoms with Gasteiger partial charge < -0.3 is 10.6 Å². The Hall–Kier alpha value is -1.09. The van der Waals surface area contributed by atoms with Crippen molar-refractivity contribution in [2.75, 3.05) is 11.9 Å². The lowest BCUT2D eigenvalue weighted by atomic mass is 10.1. The number of aryl methyl sites for hydroxylation is 1. The predicted octanol–water partition coefficient (Wildman–Crippen LogP) is 4.51. The van der Waals surface area contributed by atoms with Gasteiger partial charge in [-0.3, -0.25) is 0 Å². The van der Waals surface area contributed by atoms with Crippen LogP contribution in [-0.4, -0.2) is 11.7 Å². The van der Waals surface area contributed by atoms with Gasteiger partial charge in [0, 0.05) is 12.2 Å². The van der Waals surface area contributed by atoms with Crippen LogP contribution < -0.4 is 10.6 Å². The Labute approximate surface area is 123 Å². The third kappa shape index (κ3) is 6.58. The van der Waals surface area contributed by atoms with Crippen molar-refractivity contribution < 1.29 is 0 Å². The fourth-order valence-electron chi connectivity index (χ4n) is 2.05. The van der Waals surface area contributed by atoms with Gasteiger partial charge in [-0.25, -0.2) is 0 Å². The van der Waals surface area contributed by atoms with Gasteiger partial charge in [0.25, 0.3) is 0 Å². The third-order valence-electron chi connectivity index (χ3n) is 3.21. The largest absolute Gasteiger partial charge is 0.362 e. The molecular formula is C16H26N2S. The van der Waals surface area contributed by atoms with Crippen molar-refractivity contribution in [2.24, 2.45) is 0 Å². The molecule has 0 aliphatic rings. The third-order valence-corrected chi connectivity index (χ3v) is 3.46. The monoisotopic (exact) mass is 278 g/mol. The molecule has 0 bridgehead atoms. The smallest absolute Gasteiger partial charge is 0.170 e. The summed E-state index contributed by atoms with van der Waals surface area (Å²) < 4.78 is 0. The summed E-state index contributed by atoms with van der Waals surface area (Å²) in [5, 5.41) is 7.30. The summed E-state index contributed by atoms with van der Waals surface area (Å²) in [7, 11) is 0. The normalized spacial score (nSPS) is 10.2. The maximum absolute atomic E-state index is 5.32. The first-order valence-corrected chi connectivity index (χ1v) is 7.81. The molecule has 2 nitrogen and oxygen atoms in total. The molecule has 1 aromatic rings. The van der Waals surface area contributed by atoms with Crippen LogP contribution in [-0.2, 0) is 6.42 Å². The minimum Gasteiger partial charge on any atom is -0.362 e. The Bertz CT molecular complexity index is 377. The summed E-state index contributed by atoms with van der Waals surface area (Å²) in [5.74, 6) is 0. The number of benzene rings is 1. The van der Waals surface area contributed by atoms with E-state index in [1.54, 1.807) is 0 Å². The SMILES string of the molecule is CCCCCCCNC(=S)Nc1ccccc1CC. The molecule has 0 amide bonds. The summed E-state index contributed by atoms with van der Waals surface area (Å²) in [4.78, 5) is 0. The highest BCUT2D eigenvalue weighted by molar-refractivity contribution is 7.80. The molecule has 0 fully saturated rings. The molecule has 0 atom stereocenters. The number of anilines is 1. The molecule has 0 saturated carbocycles. The molecule has 0 aliphatic carbocycles. The summed E-state index contributed by atoms with van der Waals surface area (Å²) in [6, 6.07) is 8.31. The first-order chi connectivity index (χ1) is 9.27. The lowest BCUT2D eigenvalue weighted by Crippen LogP contribution is -2.29. The van der Waals surface area contributed by atoms with Gasteiger partial charge in [0.15, 0.2) is 5.11 Å². The van der Waals surface area contributed by atoms with E-state index in [0.717, 1.165) is 23.8 Å². The summed E-state index contributed by atoms with van der Waals surface area (Å²) in [6.07, 6.45) is 7.46. The van der Waals surface area contributed by atoms with Crippen LogP contribution in [0.4, 0.5) is 5.69 Å². The second kappa shape index (κ2) is 9.79. The van der Waals surface area contributed by atoms with Gasteiger partial charge in [-0.2, -0.15) is 0 Å². The zero-order chi connectivity index (χ0) is 13.9. The maximum Gasteiger partial charge on any atom is 0.170 e. The van der Waals surface area contributed by atoms with Crippen LogP contribution in [0.15, 0.2) is 24.3 Å². The zero-order valence-electron chi connectivity index (χ0n) is 12.2. The number of thiocarbonyl (C=S) groups is 1. The maximum atomic E-state index is 5.32. The highest BCUT2D eigenvalue weighted by atomic mass is 32.1. The van der Waals surface area contributed by atoms with Crippen LogP contribution in [0, 0.1) is 0 Å². The molecule has 1 aromatic carbocycles. The molecule has 0 radical (unpaired) electrons. The van der Waals surface area contributed by atoms with Gasteiger partial charge in [-0.1, -0.05) is 57.7 Å². The van der Waals surface area contributed by atoms with Crippen LogP contribution >= 0.6 is 12.2 Å². The quantitative estimate of drug-likeness (QED) is 0.540. The second-order valence-electron chi connectivity index (χ2n) is 4.81. The number of nitrogens with one attached hydrogen (secondary N) is 2. The van der Waals surface area contributed by atoms with Gasteiger partial charge >= 0.3 is 0 Å². The minimum atomic E-state index is 0.733. The van der Waals surface area contributed by atoms with E-state index in [4.69, 9.17) is 12.2 Å². The molecule has 19 heavy (non-hydrogen) atoms. The standard InChI is InChI=1S/C16H26N2S/c1-3-5-6-7-10-13-17-16(19)18-15-12-9-8-11-14(15)4-2/h8-9,11-12H,3-7,10,13H2,1-2H3,(H2,17,18,19). The van der Waals surface area contributed by atoms with Crippen LogP contribution in [0.5, 0.6) is 0 Å². The lowest BCUT2D eigenvalue weighted by molar-refractivity contribution is 0.625. The van der Waals surface area contributed by atoms with Gasteiger partial charge in [-0.05, 0) is 36.7 Å². The highest BCUT2D eigenvalue weighted by Gasteiger charge is 2.01. The number of rotatable bonds is 8. The highest BCUT2D eigenvalue weighted by Crippen LogP contribution is 2.15. The fraction of sp³-hybridized carbons (Fsp3) is 0.562. The first-order valence-electron chi connectivity index (χ1n) is 7.40. The van der Waals surface area contributed by atoms with Gasteiger partial charge in [0.05, 0.1) is 0 Å². The number of unbranched alkanes of at least 4 members (excludes halogenated alkanes) is 4. The summed E-state index contributed by atoms with van der Waals surface area (Å²) in [5.41, 5.74) is 2.42. The Balaban J connectivity index is 2.23. The number of hydrogen-bond acceptors (Lipinski definition) is 1. The molecule has 0 aliphatic heterocycles. The Morgan fingerprint density at radius 3 is 2.53 bits per heavy atom. The van der Waals surface area contributed by atoms with Gasteiger partial charge in [0.1, 0.15) is 0 Å². The molecule has 0 saturated heterocycles. The Kier molecular flexibility index (Phi) is 8.23. The lowest BCUT2D eigenvalue weighted by Gasteiger charge is -2.13. The van der Waals surface area contributed by atoms with Crippen LogP contribution in [0.3, 0.4) is 0 Å². The number of para-hydroxylation sites is 1. The van der Waals surface area contributed by atoms with Crippen LogP contribution in [0.1, 0.15) is 51.5 Å². The van der Waals surface area contributed by atoms with Crippen molar-refractivity contribution in [3.63, 3.8) is 0 Å². The Morgan fingerprint density at radius 1 is 1.05 bits per heavy atom. The van der Waals surface area contributed by atoms with Crippen molar-refractivity contribution in [2.45, 2.75) is 52.4 Å². The summed E-state index contributed by atoms with van der Waals surface area (Å²) >= 11 is 5.32. The zero-order valence-corrected chi connectivity index (χ0v) is 13.0. The van der Waals surface area contributed by atoms with E-state index in [1.165, 1.54) is 37.7 Å². The average Bonchev–Trinajstić information content (AvgIpc) is 2.43. The van der Waals surface area contributed by atoms with Gasteiger partial charge in [0.2, 0.25) is 0 Å². The molecule has 0 aromatic heterocycles. The first kappa shape index (κ1) is 16.0. The van der Waals surface area contributed by atoms with E-state index in [-0.39, 0.29) is 0 Å². The molecule has 0 heterocycles. The van der Waals surface area contributed by atoms with Crippen molar-refractivity contribution in [3.8, 4) is 0 Å². The van der Waals surface area contributed by atoms with E-state index < -0.39 is 0 Å². The van der Waals surface area contributed by atoms with E-state index in [9.17, 15) is 0 Å². The molecule has 2 N–H and O–H groups in total. The van der Waals surface area contributed by atoms with Crippen molar-refractivity contribution >= 4 is 23.0 Å². The molecular weight excluding hydrogens is 252 g/mol. The predicted molar refractivity (Wildman–Crippen MR) is 88.8 cm³/mol. The average molecular weight is 278 g/mol. The topological polar surface area (TPSA) is 24.1 Å². The van der Waals surface area contributed by atoms with Crippen molar-refractivity contribution in [3.05, 3.63) is 29.8 Å². The minimum absolute atomic E-state index is 0.733. The van der Waals surface area contributed by atoms with Gasteiger partial charge in [-0.15, -0.1) is 0 Å². The van der Waals surface area contributed by atoms with Crippen molar-refractivity contribution in [1.29, 1.82) is 0 Å². The van der Waals surface area contributed by atoms with E-state index in [2.05, 4.69) is 42.7 Å². The summed E-state index contributed by atoms with van der Waals surface area (Å²) in [6.45, 7) is 5.36. The molecule has 106 valence electrons. The molecule has 0 spiro atoms. The fourth-order valence-corrected chi connectivity index (χ4v) is 2.26. The van der Waals surface area contributed by atoms with Crippen molar-refractivity contribution in [1.82, 2.24) is 5.32 Å². The second-order valence-corrected chi connectivity index (χ2v) is 5.21. The van der Waals surface area contributed by atoms with Crippen LogP contribution in [0.25, 0.3) is 0 Å².